The average Bonchev–Trinajstić information content (AvgIpc) is 2.92. The van der Waals surface area contributed by atoms with Crippen LogP contribution in [0.5, 0.6) is 0 Å². The van der Waals surface area contributed by atoms with Crippen LogP contribution in [0.2, 0.25) is 0 Å². The van der Waals surface area contributed by atoms with Gasteiger partial charge in [0.15, 0.2) is 0 Å². The molecule has 6 nitrogen and oxygen atoms in total. The molecule has 1 aliphatic rings. The highest BCUT2D eigenvalue weighted by atomic mass is 32.2. The molecule has 0 unspecified atom stereocenters. The largest absolute Gasteiger partial charge is 0.462 e. The zero-order valence-electron chi connectivity index (χ0n) is 10.9. The predicted octanol–water partition coefficient (Wildman–Crippen LogP) is 0.852. The lowest BCUT2D eigenvalue weighted by Gasteiger charge is -2.14. The van der Waals surface area contributed by atoms with Gasteiger partial charge in [-0.25, -0.2) is 0 Å². The highest BCUT2D eigenvalue weighted by Crippen LogP contribution is 2.29. The molecule has 0 radical (unpaired) electrons. The number of ether oxygens (including phenoxy) is 2. The van der Waals surface area contributed by atoms with Gasteiger partial charge in [-0.3, -0.25) is 8.98 Å². The minimum absolute atomic E-state index is 0.0302. The molecule has 1 rings (SSSR count). The summed E-state index contributed by atoms with van der Waals surface area (Å²) < 4.78 is 36.7. The maximum absolute atomic E-state index is 10.9. The van der Waals surface area contributed by atoms with E-state index in [0.29, 0.717) is 6.42 Å². The van der Waals surface area contributed by atoms with Gasteiger partial charge in [0.05, 0.1) is 19.0 Å². The number of carbonyl (C=O) groups excluding carboxylic acids is 1. The maximum Gasteiger partial charge on any atom is 0.302 e. The summed E-state index contributed by atoms with van der Waals surface area (Å²) in [6.45, 7) is 3.41. The molecule has 0 aromatic heterocycles. The van der Waals surface area contributed by atoms with Gasteiger partial charge in [0.2, 0.25) is 0 Å². The second-order valence-corrected chi connectivity index (χ2v) is 6.10. The standard InChI is InChI=1S/C11H20O6S/c1-4-5-9(16-8(2)12)6-10-11(17-10)7-15-18(3,13)14/h9-11H,4-7H2,1-3H3/t9-,10-,11+/m1/s1. The summed E-state index contributed by atoms with van der Waals surface area (Å²) >= 11 is 0. The van der Waals surface area contributed by atoms with Crippen LogP contribution in [0.1, 0.15) is 33.1 Å². The molecule has 1 fully saturated rings. The van der Waals surface area contributed by atoms with E-state index in [2.05, 4.69) is 4.18 Å². The Morgan fingerprint density at radius 3 is 2.56 bits per heavy atom. The van der Waals surface area contributed by atoms with Crippen molar-refractivity contribution in [3.05, 3.63) is 0 Å². The fourth-order valence-corrected chi connectivity index (χ4v) is 2.15. The van der Waals surface area contributed by atoms with E-state index in [1.54, 1.807) is 0 Å². The zero-order chi connectivity index (χ0) is 13.8. The minimum Gasteiger partial charge on any atom is -0.462 e. The molecule has 18 heavy (non-hydrogen) atoms. The van der Waals surface area contributed by atoms with Crippen molar-refractivity contribution in [3.63, 3.8) is 0 Å². The Morgan fingerprint density at radius 2 is 2.06 bits per heavy atom. The van der Waals surface area contributed by atoms with Crippen LogP contribution >= 0.6 is 0 Å². The molecule has 0 aliphatic carbocycles. The molecular weight excluding hydrogens is 260 g/mol. The van der Waals surface area contributed by atoms with Crippen LogP contribution in [0.4, 0.5) is 0 Å². The smallest absolute Gasteiger partial charge is 0.302 e. The maximum atomic E-state index is 10.9. The van der Waals surface area contributed by atoms with Gasteiger partial charge >= 0.3 is 5.97 Å². The first-order valence-electron chi connectivity index (χ1n) is 5.99. The molecule has 7 heteroatoms. The Hall–Kier alpha value is -0.660. The summed E-state index contributed by atoms with van der Waals surface area (Å²) in [5, 5.41) is 0. The van der Waals surface area contributed by atoms with Crippen LogP contribution in [0.25, 0.3) is 0 Å². The zero-order valence-corrected chi connectivity index (χ0v) is 11.7. The van der Waals surface area contributed by atoms with Gasteiger partial charge in [-0.2, -0.15) is 8.42 Å². The molecule has 0 bridgehead atoms. The number of carbonyl (C=O) groups is 1. The Balaban J connectivity index is 2.28. The summed E-state index contributed by atoms with van der Waals surface area (Å²) in [4.78, 5) is 10.9. The van der Waals surface area contributed by atoms with Crippen molar-refractivity contribution in [2.45, 2.75) is 51.4 Å². The molecule has 0 amide bonds. The number of esters is 1. The van der Waals surface area contributed by atoms with Gasteiger partial charge in [-0.05, 0) is 6.42 Å². The summed E-state index contributed by atoms with van der Waals surface area (Å²) in [5.74, 6) is -0.307. The summed E-state index contributed by atoms with van der Waals surface area (Å²) in [5.41, 5.74) is 0. The van der Waals surface area contributed by atoms with Crippen molar-refractivity contribution >= 4 is 16.1 Å². The lowest BCUT2D eigenvalue weighted by Crippen LogP contribution is -2.20. The van der Waals surface area contributed by atoms with E-state index in [4.69, 9.17) is 9.47 Å². The molecule has 0 aromatic rings. The normalized spacial score (nSPS) is 24.6. The molecule has 0 N–H and O–H groups in total. The second kappa shape index (κ2) is 6.49. The van der Waals surface area contributed by atoms with Crippen LogP contribution < -0.4 is 0 Å². The Bertz CT molecular complexity index is 377. The van der Waals surface area contributed by atoms with Crippen molar-refractivity contribution in [1.29, 1.82) is 0 Å². The molecule has 0 saturated carbocycles. The minimum atomic E-state index is -3.43. The average molecular weight is 280 g/mol. The highest BCUT2D eigenvalue weighted by molar-refractivity contribution is 7.85. The van der Waals surface area contributed by atoms with Crippen LogP contribution in [0.15, 0.2) is 0 Å². The van der Waals surface area contributed by atoms with Gasteiger partial charge in [-0.1, -0.05) is 13.3 Å². The fourth-order valence-electron chi connectivity index (χ4n) is 1.76. The predicted molar refractivity (Wildman–Crippen MR) is 64.5 cm³/mol. The van der Waals surface area contributed by atoms with Gasteiger partial charge in [0.1, 0.15) is 12.2 Å². The summed E-state index contributed by atoms with van der Waals surface area (Å²) in [7, 11) is -3.43. The highest BCUT2D eigenvalue weighted by Gasteiger charge is 2.41. The quantitative estimate of drug-likeness (QED) is 0.372. The third-order valence-corrected chi connectivity index (χ3v) is 3.14. The van der Waals surface area contributed by atoms with E-state index in [0.717, 1.165) is 19.1 Å². The number of hydrogen-bond donors (Lipinski definition) is 0. The van der Waals surface area contributed by atoms with Gasteiger partial charge in [-0.15, -0.1) is 0 Å². The molecule has 106 valence electrons. The first-order chi connectivity index (χ1) is 8.31. The van der Waals surface area contributed by atoms with Gasteiger partial charge in [0.25, 0.3) is 10.1 Å². The van der Waals surface area contributed by atoms with E-state index >= 15 is 0 Å². The van der Waals surface area contributed by atoms with Crippen LogP contribution in [0, 0.1) is 0 Å². The fraction of sp³-hybridized carbons (Fsp3) is 0.909. The Kier molecular flexibility index (Phi) is 5.55. The van der Waals surface area contributed by atoms with Crippen LogP contribution in [-0.2, 0) is 28.6 Å². The van der Waals surface area contributed by atoms with E-state index < -0.39 is 10.1 Å². The molecule has 3 atom stereocenters. The Morgan fingerprint density at radius 1 is 1.39 bits per heavy atom. The molecule has 0 spiro atoms. The van der Waals surface area contributed by atoms with Crippen molar-refractivity contribution < 1.29 is 26.9 Å². The number of hydrogen-bond acceptors (Lipinski definition) is 6. The molecular formula is C11H20O6S. The second-order valence-electron chi connectivity index (χ2n) is 4.46. The van der Waals surface area contributed by atoms with E-state index in [1.165, 1.54) is 6.92 Å². The molecule has 0 aromatic carbocycles. The molecule has 1 aliphatic heterocycles. The lowest BCUT2D eigenvalue weighted by atomic mass is 10.1. The molecule has 1 heterocycles. The lowest BCUT2D eigenvalue weighted by molar-refractivity contribution is -0.147. The Labute approximate surface area is 108 Å². The number of epoxide rings is 1. The summed E-state index contributed by atoms with van der Waals surface area (Å²) in [6.07, 6.45) is 2.82. The van der Waals surface area contributed by atoms with E-state index in [9.17, 15) is 13.2 Å². The van der Waals surface area contributed by atoms with Gasteiger partial charge in [0, 0.05) is 13.3 Å². The topological polar surface area (TPSA) is 82.2 Å². The van der Waals surface area contributed by atoms with Gasteiger partial charge < -0.3 is 9.47 Å². The van der Waals surface area contributed by atoms with Crippen molar-refractivity contribution in [1.82, 2.24) is 0 Å². The first kappa shape index (κ1) is 15.4. The molecule has 1 saturated heterocycles. The SMILES string of the molecule is CCC[C@H](C[C@H]1O[C@H]1COS(C)(=O)=O)OC(C)=O. The van der Waals surface area contributed by atoms with Crippen LogP contribution in [0.3, 0.4) is 0 Å². The monoisotopic (exact) mass is 280 g/mol. The number of rotatable bonds is 8. The third-order valence-electron chi connectivity index (χ3n) is 2.57. The third kappa shape index (κ3) is 6.32. The van der Waals surface area contributed by atoms with Crippen molar-refractivity contribution in [2.24, 2.45) is 0 Å². The van der Waals surface area contributed by atoms with Crippen LogP contribution in [-0.4, -0.2) is 45.6 Å². The van der Waals surface area contributed by atoms with Crippen molar-refractivity contribution in [3.8, 4) is 0 Å². The van der Waals surface area contributed by atoms with Crippen molar-refractivity contribution in [2.75, 3.05) is 12.9 Å². The first-order valence-corrected chi connectivity index (χ1v) is 7.80. The summed E-state index contributed by atoms with van der Waals surface area (Å²) in [6, 6.07) is 0. The van der Waals surface area contributed by atoms with E-state index in [-0.39, 0.29) is 30.9 Å². The van der Waals surface area contributed by atoms with E-state index in [1.807, 2.05) is 6.92 Å².